The highest BCUT2D eigenvalue weighted by atomic mass is 28.3. The fraction of sp³-hybridized carbons (Fsp3) is 1.00. The number of hydrogen-bond acceptors (Lipinski definition) is 1. The van der Waals surface area contributed by atoms with Crippen molar-refractivity contribution in [2.24, 2.45) is 0 Å². The van der Waals surface area contributed by atoms with Crippen molar-refractivity contribution < 1.29 is 0 Å². The van der Waals surface area contributed by atoms with Gasteiger partial charge in [-0.15, -0.1) is 0 Å². The molecule has 0 rings (SSSR count). The lowest BCUT2D eigenvalue weighted by molar-refractivity contribution is 0.490. The third kappa shape index (κ3) is 4.77. The molecule has 0 aliphatic carbocycles. The summed E-state index contributed by atoms with van der Waals surface area (Å²) < 4.78 is 2.54. The Morgan fingerprint density at radius 3 is 2.00 bits per heavy atom. The fourth-order valence-corrected chi connectivity index (χ4v) is 3.30. The van der Waals surface area contributed by atoms with Crippen molar-refractivity contribution in [3.05, 3.63) is 0 Å². The first-order valence-electron chi connectivity index (χ1n) is 4.42. The van der Waals surface area contributed by atoms with Crippen LogP contribution in [-0.2, 0) is 0 Å². The van der Waals surface area contributed by atoms with Crippen molar-refractivity contribution >= 4 is 18.5 Å². The molecule has 0 aromatic heterocycles. The van der Waals surface area contributed by atoms with Crippen molar-refractivity contribution in [2.75, 3.05) is 13.1 Å². The Labute approximate surface area is 75.7 Å². The van der Waals surface area contributed by atoms with Crippen LogP contribution >= 0.6 is 0 Å². The molecule has 11 heavy (non-hydrogen) atoms. The molecule has 0 bridgehead atoms. The maximum Gasteiger partial charge on any atom is 0.141 e. The normalized spacial score (nSPS) is 14.5. The average Bonchev–Trinajstić information content (AvgIpc) is 1.99. The van der Waals surface area contributed by atoms with Gasteiger partial charge in [0.2, 0.25) is 0 Å². The molecule has 1 atom stereocenters. The Kier molecular flexibility index (Phi) is 6.18. The summed E-state index contributed by atoms with van der Waals surface area (Å²) in [4.78, 5) is 0. The zero-order chi connectivity index (χ0) is 8.85. The highest BCUT2D eigenvalue weighted by Gasteiger charge is 2.13. The predicted octanol–water partition coefficient (Wildman–Crippen LogP) is 2.05. The molecule has 0 spiro atoms. The quantitative estimate of drug-likeness (QED) is 0.594. The number of nitrogens with zero attached hydrogens (tertiary/aromatic N) is 1. The van der Waals surface area contributed by atoms with E-state index >= 15 is 0 Å². The molecule has 0 saturated heterocycles. The molecule has 0 aliphatic heterocycles. The number of hydrogen-bond donors (Lipinski definition) is 0. The van der Waals surface area contributed by atoms with Crippen LogP contribution in [0.1, 0.15) is 20.8 Å². The van der Waals surface area contributed by atoms with Crippen LogP contribution in [0, 0.1) is 0 Å². The van der Waals surface area contributed by atoms with Gasteiger partial charge in [0.05, 0.1) is 0 Å². The molecular formula is C8H20NSi2. The van der Waals surface area contributed by atoms with Gasteiger partial charge in [-0.25, -0.2) is 0 Å². The molecule has 0 N–H and O–H groups in total. The van der Waals surface area contributed by atoms with E-state index in [0.717, 1.165) is 14.8 Å². The van der Waals surface area contributed by atoms with Crippen LogP contribution in [0.5, 0.6) is 0 Å². The summed E-state index contributed by atoms with van der Waals surface area (Å²) in [5.74, 6) is 0. The molecule has 1 nitrogen and oxygen atoms in total. The van der Waals surface area contributed by atoms with Gasteiger partial charge >= 0.3 is 0 Å². The maximum atomic E-state index is 2.54. The van der Waals surface area contributed by atoms with Gasteiger partial charge in [0.15, 0.2) is 0 Å². The van der Waals surface area contributed by atoms with Gasteiger partial charge in [-0.2, -0.15) is 0 Å². The van der Waals surface area contributed by atoms with E-state index in [1.807, 2.05) is 0 Å². The SMILES string of the molecule is CCN(CC)[Si]C(C)[Si](C)C. The van der Waals surface area contributed by atoms with Crippen molar-refractivity contribution in [1.29, 1.82) is 0 Å². The van der Waals surface area contributed by atoms with Crippen LogP contribution in [0.25, 0.3) is 0 Å². The summed E-state index contributed by atoms with van der Waals surface area (Å²) in [6.45, 7) is 14.1. The van der Waals surface area contributed by atoms with Crippen molar-refractivity contribution in [3.63, 3.8) is 0 Å². The zero-order valence-electron chi connectivity index (χ0n) is 8.44. The van der Waals surface area contributed by atoms with Gasteiger partial charge in [0.1, 0.15) is 9.68 Å². The lowest BCUT2D eigenvalue weighted by atomic mass is 10.7. The maximum absolute atomic E-state index is 2.54. The van der Waals surface area contributed by atoms with E-state index in [0.29, 0.717) is 0 Å². The van der Waals surface area contributed by atoms with Gasteiger partial charge in [-0.1, -0.05) is 33.9 Å². The second-order valence-corrected chi connectivity index (χ2v) is 8.46. The largest absolute Gasteiger partial charge is 0.326 e. The Bertz CT molecular complexity index is 92.1. The monoisotopic (exact) mass is 186 g/mol. The molecular weight excluding hydrogens is 166 g/mol. The Hall–Kier alpha value is 0.394. The van der Waals surface area contributed by atoms with E-state index in [2.05, 4.69) is 38.4 Å². The molecule has 65 valence electrons. The zero-order valence-corrected chi connectivity index (χ0v) is 10.4. The predicted molar refractivity (Wildman–Crippen MR) is 55.6 cm³/mol. The second-order valence-electron chi connectivity index (χ2n) is 3.10. The first-order valence-corrected chi connectivity index (χ1v) is 8.03. The third-order valence-corrected chi connectivity index (χ3v) is 7.24. The summed E-state index contributed by atoms with van der Waals surface area (Å²) >= 11 is 0. The first kappa shape index (κ1) is 11.4. The van der Waals surface area contributed by atoms with Gasteiger partial charge in [0.25, 0.3) is 0 Å². The molecule has 0 heterocycles. The van der Waals surface area contributed by atoms with Crippen LogP contribution in [0.4, 0.5) is 0 Å². The molecule has 0 aromatic rings. The van der Waals surface area contributed by atoms with Gasteiger partial charge in [-0.05, 0) is 18.3 Å². The van der Waals surface area contributed by atoms with Gasteiger partial charge < -0.3 is 4.57 Å². The summed E-state index contributed by atoms with van der Waals surface area (Å²) in [5, 5.41) is 0.958. The van der Waals surface area contributed by atoms with Crippen LogP contribution in [0.3, 0.4) is 0 Å². The fourth-order valence-electron chi connectivity index (χ4n) is 0.809. The molecule has 0 aromatic carbocycles. The molecule has 0 saturated carbocycles. The molecule has 0 aliphatic rings. The van der Waals surface area contributed by atoms with Crippen LogP contribution in [-0.4, -0.2) is 36.1 Å². The number of rotatable bonds is 5. The minimum absolute atomic E-state index is 0.0565. The van der Waals surface area contributed by atoms with Crippen molar-refractivity contribution in [1.82, 2.24) is 4.57 Å². The van der Waals surface area contributed by atoms with E-state index in [9.17, 15) is 0 Å². The molecule has 3 radical (unpaired) electrons. The molecule has 1 unspecified atom stereocenters. The van der Waals surface area contributed by atoms with Gasteiger partial charge in [0, 0.05) is 8.80 Å². The minimum atomic E-state index is -0.0565. The standard InChI is InChI=1S/C8H20NSi2/c1-6-9(7-2)10-8(3)11(4)5/h8H,6-7H2,1-5H3. The van der Waals surface area contributed by atoms with Crippen molar-refractivity contribution in [3.8, 4) is 0 Å². The summed E-state index contributed by atoms with van der Waals surface area (Å²) in [7, 11) is 1.000. The van der Waals surface area contributed by atoms with Crippen LogP contribution in [0.2, 0.25) is 18.3 Å². The van der Waals surface area contributed by atoms with Gasteiger partial charge in [-0.3, -0.25) is 0 Å². The second kappa shape index (κ2) is 5.97. The minimum Gasteiger partial charge on any atom is -0.326 e. The van der Waals surface area contributed by atoms with Crippen molar-refractivity contribution in [2.45, 2.75) is 39.0 Å². The smallest absolute Gasteiger partial charge is 0.141 e. The van der Waals surface area contributed by atoms with E-state index in [4.69, 9.17) is 0 Å². The Balaban J connectivity index is 3.62. The highest BCUT2D eigenvalue weighted by Crippen LogP contribution is 2.07. The topological polar surface area (TPSA) is 3.24 Å². The Morgan fingerprint density at radius 1 is 1.27 bits per heavy atom. The molecule has 3 heteroatoms. The van der Waals surface area contributed by atoms with Crippen LogP contribution < -0.4 is 0 Å². The Morgan fingerprint density at radius 2 is 1.73 bits per heavy atom. The average molecular weight is 186 g/mol. The summed E-state index contributed by atoms with van der Waals surface area (Å²) in [6.07, 6.45) is 0. The summed E-state index contributed by atoms with van der Waals surface area (Å²) in [5.41, 5.74) is 0. The van der Waals surface area contributed by atoms with Crippen LogP contribution in [0.15, 0.2) is 0 Å². The molecule has 0 fully saturated rings. The first-order chi connectivity index (χ1) is 5.11. The van der Waals surface area contributed by atoms with E-state index in [1.54, 1.807) is 0 Å². The lowest BCUT2D eigenvalue weighted by Gasteiger charge is -2.22. The highest BCUT2D eigenvalue weighted by molar-refractivity contribution is 6.69. The van der Waals surface area contributed by atoms with E-state index in [-0.39, 0.29) is 8.80 Å². The summed E-state index contributed by atoms with van der Waals surface area (Å²) in [6, 6.07) is 0. The lowest BCUT2D eigenvalue weighted by Crippen LogP contribution is -2.33. The van der Waals surface area contributed by atoms with E-state index < -0.39 is 0 Å². The van der Waals surface area contributed by atoms with E-state index in [1.165, 1.54) is 13.1 Å². The third-order valence-electron chi connectivity index (χ3n) is 2.01. The molecule has 0 amide bonds.